The fourth-order valence-electron chi connectivity index (χ4n) is 4.69. The summed E-state index contributed by atoms with van der Waals surface area (Å²) in [4.78, 5) is 24.9. The standard InChI is InChI=1S/C30H23N5O4/c1-18(20-8-10-22(11-9-20)30(37)38)32-29(36)26-13-24(25-15-31-39-17-25)14-27-28(26)35(34-33-27)16-19-6-7-21-4-2-3-5-23(21)12-19/h2-15,17-18H,16H2,1H3,(H,32,36)(H,37,38)/t18-/m0/s1. The van der Waals surface area contributed by atoms with E-state index in [1.807, 2.05) is 31.2 Å². The number of carbonyl (C=O) groups excluding carboxylic acids is 1. The summed E-state index contributed by atoms with van der Waals surface area (Å²) in [5, 5.41) is 27.0. The first kappa shape index (κ1) is 24.1. The highest BCUT2D eigenvalue weighted by atomic mass is 16.5. The summed E-state index contributed by atoms with van der Waals surface area (Å²) in [6, 6.07) is 24.1. The van der Waals surface area contributed by atoms with Gasteiger partial charge in [-0.1, -0.05) is 58.9 Å². The Morgan fingerprint density at radius 2 is 1.77 bits per heavy atom. The van der Waals surface area contributed by atoms with Crippen molar-refractivity contribution >= 4 is 33.7 Å². The number of carboxylic acids is 1. The van der Waals surface area contributed by atoms with Gasteiger partial charge in [-0.15, -0.1) is 5.10 Å². The summed E-state index contributed by atoms with van der Waals surface area (Å²) >= 11 is 0. The zero-order valence-corrected chi connectivity index (χ0v) is 20.9. The van der Waals surface area contributed by atoms with E-state index in [0.29, 0.717) is 28.7 Å². The molecule has 0 saturated carbocycles. The number of aromatic carboxylic acids is 1. The van der Waals surface area contributed by atoms with E-state index < -0.39 is 5.97 Å². The molecule has 6 rings (SSSR count). The molecule has 39 heavy (non-hydrogen) atoms. The second-order valence-corrected chi connectivity index (χ2v) is 9.36. The van der Waals surface area contributed by atoms with Crippen LogP contribution in [-0.2, 0) is 6.54 Å². The second kappa shape index (κ2) is 9.86. The molecule has 9 nitrogen and oxygen atoms in total. The zero-order valence-electron chi connectivity index (χ0n) is 20.9. The molecule has 0 aliphatic heterocycles. The first-order valence-electron chi connectivity index (χ1n) is 12.3. The third-order valence-corrected chi connectivity index (χ3v) is 6.77. The van der Waals surface area contributed by atoms with Gasteiger partial charge < -0.3 is 14.9 Å². The Labute approximate surface area is 222 Å². The number of carboxylic acid groups (broad SMARTS) is 1. The van der Waals surface area contributed by atoms with Crippen LogP contribution in [0.4, 0.5) is 0 Å². The van der Waals surface area contributed by atoms with Gasteiger partial charge in [-0.3, -0.25) is 4.79 Å². The highest BCUT2D eigenvalue weighted by molar-refractivity contribution is 6.06. The normalized spacial score (nSPS) is 12.0. The molecule has 2 heterocycles. The van der Waals surface area contributed by atoms with Gasteiger partial charge in [-0.25, -0.2) is 9.48 Å². The van der Waals surface area contributed by atoms with Crippen molar-refractivity contribution < 1.29 is 19.2 Å². The zero-order chi connectivity index (χ0) is 26.9. The number of fused-ring (bicyclic) bond motifs is 2. The number of rotatable bonds is 7. The van der Waals surface area contributed by atoms with Gasteiger partial charge in [-0.05, 0) is 64.7 Å². The number of hydrogen-bond acceptors (Lipinski definition) is 6. The lowest BCUT2D eigenvalue weighted by atomic mass is 10.0. The van der Waals surface area contributed by atoms with Crippen LogP contribution in [0, 0.1) is 0 Å². The summed E-state index contributed by atoms with van der Waals surface area (Å²) in [6.07, 6.45) is 3.09. The molecule has 0 radical (unpaired) electrons. The van der Waals surface area contributed by atoms with E-state index in [4.69, 9.17) is 4.52 Å². The first-order chi connectivity index (χ1) is 19.0. The van der Waals surface area contributed by atoms with Gasteiger partial charge in [0, 0.05) is 5.56 Å². The Bertz CT molecular complexity index is 1820. The Balaban J connectivity index is 1.38. The molecule has 4 aromatic carbocycles. The molecule has 0 unspecified atom stereocenters. The fourth-order valence-corrected chi connectivity index (χ4v) is 4.69. The Morgan fingerprint density at radius 1 is 0.974 bits per heavy atom. The molecule has 0 spiro atoms. The van der Waals surface area contributed by atoms with Crippen LogP contribution in [0.5, 0.6) is 0 Å². The van der Waals surface area contributed by atoms with Crippen LogP contribution in [-0.4, -0.2) is 37.1 Å². The lowest BCUT2D eigenvalue weighted by Gasteiger charge is -2.16. The van der Waals surface area contributed by atoms with E-state index in [2.05, 4.69) is 45.1 Å². The van der Waals surface area contributed by atoms with Gasteiger partial charge in [0.05, 0.1) is 29.9 Å². The van der Waals surface area contributed by atoms with Crippen LogP contribution >= 0.6 is 0 Å². The number of amides is 1. The molecule has 0 aliphatic rings. The van der Waals surface area contributed by atoms with Crippen LogP contribution < -0.4 is 5.32 Å². The minimum atomic E-state index is -1.00. The molecular weight excluding hydrogens is 494 g/mol. The van der Waals surface area contributed by atoms with Gasteiger partial charge in [0.15, 0.2) is 0 Å². The molecule has 0 saturated heterocycles. The van der Waals surface area contributed by atoms with Crippen LogP contribution in [0.2, 0.25) is 0 Å². The lowest BCUT2D eigenvalue weighted by molar-refractivity contribution is 0.0696. The van der Waals surface area contributed by atoms with Gasteiger partial charge in [0.2, 0.25) is 0 Å². The molecule has 0 fully saturated rings. The molecule has 2 aromatic heterocycles. The monoisotopic (exact) mass is 517 g/mol. The van der Waals surface area contributed by atoms with Crippen LogP contribution in [0.3, 0.4) is 0 Å². The minimum Gasteiger partial charge on any atom is -0.478 e. The molecule has 1 amide bonds. The number of carbonyl (C=O) groups is 2. The van der Waals surface area contributed by atoms with E-state index in [-0.39, 0.29) is 17.5 Å². The van der Waals surface area contributed by atoms with Crippen molar-refractivity contribution in [1.29, 1.82) is 0 Å². The predicted octanol–water partition coefficient (Wildman–Crippen LogP) is 5.48. The smallest absolute Gasteiger partial charge is 0.335 e. The van der Waals surface area contributed by atoms with E-state index >= 15 is 0 Å². The van der Waals surface area contributed by atoms with Crippen LogP contribution in [0.25, 0.3) is 32.9 Å². The summed E-state index contributed by atoms with van der Waals surface area (Å²) in [6.45, 7) is 2.28. The largest absolute Gasteiger partial charge is 0.478 e. The SMILES string of the molecule is C[C@H](NC(=O)c1cc(-c2cnoc2)cc2nnn(Cc3ccc4ccccc4c3)c12)c1ccc(C(=O)O)cc1. The molecule has 2 N–H and O–H groups in total. The van der Waals surface area contributed by atoms with E-state index in [0.717, 1.165) is 27.5 Å². The van der Waals surface area contributed by atoms with Crippen molar-refractivity contribution in [2.24, 2.45) is 0 Å². The maximum Gasteiger partial charge on any atom is 0.335 e. The number of benzene rings is 4. The molecule has 1 atom stereocenters. The Kier molecular flexibility index (Phi) is 6.08. The van der Waals surface area contributed by atoms with E-state index in [1.165, 1.54) is 18.4 Å². The summed E-state index contributed by atoms with van der Waals surface area (Å²) < 4.78 is 6.75. The van der Waals surface area contributed by atoms with Gasteiger partial charge in [-0.2, -0.15) is 0 Å². The van der Waals surface area contributed by atoms with Crippen molar-refractivity contribution in [2.75, 3.05) is 0 Å². The van der Waals surface area contributed by atoms with Gasteiger partial charge >= 0.3 is 5.97 Å². The maximum atomic E-state index is 13.7. The Morgan fingerprint density at radius 3 is 2.51 bits per heavy atom. The summed E-state index contributed by atoms with van der Waals surface area (Å²) in [5.41, 5.74) is 5.02. The van der Waals surface area contributed by atoms with Crippen molar-refractivity contribution in [1.82, 2.24) is 25.5 Å². The average molecular weight is 518 g/mol. The van der Waals surface area contributed by atoms with Crippen molar-refractivity contribution in [3.8, 4) is 11.1 Å². The lowest BCUT2D eigenvalue weighted by Crippen LogP contribution is -2.27. The van der Waals surface area contributed by atoms with Gasteiger partial charge in [0.1, 0.15) is 17.3 Å². The Hall–Kier alpha value is -5.31. The quantitative estimate of drug-likeness (QED) is 0.288. The third kappa shape index (κ3) is 4.73. The van der Waals surface area contributed by atoms with Crippen molar-refractivity contribution in [2.45, 2.75) is 19.5 Å². The summed E-state index contributed by atoms with van der Waals surface area (Å²) in [7, 11) is 0. The second-order valence-electron chi connectivity index (χ2n) is 9.36. The molecule has 0 aliphatic carbocycles. The number of aromatic nitrogens is 4. The van der Waals surface area contributed by atoms with Gasteiger partial charge in [0.25, 0.3) is 5.91 Å². The van der Waals surface area contributed by atoms with Crippen molar-refractivity contribution in [3.05, 3.63) is 114 Å². The van der Waals surface area contributed by atoms with Crippen LogP contribution in [0.15, 0.2) is 95.8 Å². The fraction of sp³-hybridized carbons (Fsp3) is 0.100. The highest BCUT2D eigenvalue weighted by Gasteiger charge is 2.21. The first-order valence-corrected chi connectivity index (χ1v) is 12.3. The van der Waals surface area contributed by atoms with Crippen molar-refractivity contribution in [3.63, 3.8) is 0 Å². The third-order valence-electron chi connectivity index (χ3n) is 6.77. The molecule has 192 valence electrons. The molecular formula is C30H23N5O4. The number of nitrogens with one attached hydrogen (secondary N) is 1. The van der Waals surface area contributed by atoms with E-state index in [1.54, 1.807) is 29.1 Å². The van der Waals surface area contributed by atoms with Crippen LogP contribution in [0.1, 0.15) is 44.8 Å². The number of nitrogens with zero attached hydrogens (tertiary/aromatic N) is 4. The highest BCUT2D eigenvalue weighted by Crippen LogP contribution is 2.28. The predicted molar refractivity (Wildman–Crippen MR) is 145 cm³/mol. The molecule has 0 bridgehead atoms. The number of hydrogen-bond donors (Lipinski definition) is 2. The topological polar surface area (TPSA) is 123 Å². The van der Waals surface area contributed by atoms with E-state index in [9.17, 15) is 14.7 Å². The molecule has 6 aromatic rings. The maximum absolute atomic E-state index is 13.7. The minimum absolute atomic E-state index is 0.184. The molecule has 9 heteroatoms. The average Bonchev–Trinajstić information content (AvgIpc) is 3.63. The summed E-state index contributed by atoms with van der Waals surface area (Å²) in [5.74, 6) is -1.31.